The molecule has 1 heterocycles. The highest BCUT2D eigenvalue weighted by atomic mass is 79.9. The van der Waals surface area contributed by atoms with Crippen molar-refractivity contribution in [2.24, 2.45) is 5.92 Å². The topological polar surface area (TPSA) is 15.3 Å². The molecule has 2 unspecified atom stereocenters. The molecule has 0 radical (unpaired) electrons. The first-order chi connectivity index (χ1) is 8.58. The second kappa shape index (κ2) is 6.27. The van der Waals surface area contributed by atoms with E-state index in [0.29, 0.717) is 12.0 Å². The molecule has 0 bridgehead atoms. The van der Waals surface area contributed by atoms with E-state index < -0.39 is 0 Å². The maximum absolute atomic E-state index is 6.11. The predicted molar refractivity (Wildman–Crippen MR) is 82.5 cm³/mol. The summed E-state index contributed by atoms with van der Waals surface area (Å²) in [4.78, 5) is 2.42. The molecule has 1 aromatic carbocycles. The van der Waals surface area contributed by atoms with Gasteiger partial charge in [0.15, 0.2) is 0 Å². The van der Waals surface area contributed by atoms with Gasteiger partial charge in [-0.2, -0.15) is 0 Å². The lowest BCUT2D eigenvalue weighted by Crippen LogP contribution is -2.39. The first kappa shape index (κ1) is 14.2. The van der Waals surface area contributed by atoms with Crippen LogP contribution in [0, 0.1) is 5.92 Å². The number of hydrogen-bond acceptors (Lipinski definition) is 2. The molecular formula is C14H20BrClN2. The second-order valence-electron chi connectivity index (χ2n) is 5.20. The van der Waals surface area contributed by atoms with Crippen molar-refractivity contribution in [3.05, 3.63) is 27.7 Å². The smallest absolute Gasteiger partial charge is 0.0593 e. The Morgan fingerprint density at radius 3 is 3.00 bits per heavy atom. The molecule has 18 heavy (non-hydrogen) atoms. The number of benzene rings is 1. The minimum Gasteiger partial charge on any atom is -0.381 e. The van der Waals surface area contributed by atoms with Crippen molar-refractivity contribution >= 4 is 33.2 Å². The lowest BCUT2D eigenvalue weighted by Gasteiger charge is -2.34. The Labute approximate surface area is 123 Å². The minimum atomic E-state index is 0.461. The van der Waals surface area contributed by atoms with Gasteiger partial charge < -0.3 is 10.2 Å². The van der Waals surface area contributed by atoms with E-state index in [9.17, 15) is 0 Å². The van der Waals surface area contributed by atoms with E-state index in [0.717, 1.165) is 15.2 Å². The van der Waals surface area contributed by atoms with Crippen molar-refractivity contribution < 1.29 is 0 Å². The Kier molecular flexibility index (Phi) is 4.93. The van der Waals surface area contributed by atoms with E-state index in [2.05, 4.69) is 46.2 Å². The zero-order valence-corrected chi connectivity index (χ0v) is 13.3. The summed E-state index contributed by atoms with van der Waals surface area (Å²) >= 11 is 9.65. The predicted octanol–water partition coefficient (Wildman–Crippen LogP) is 4.24. The van der Waals surface area contributed by atoms with Crippen LogP contribution in [0.25, 0.3) is 0 Å². The fourth-order valence-electron chi connectivity index (χ4n) is 2.59. The summed E-state index contributed by atoms with van der Waals surface area (Å²) in [6.07, 6.45) is 2.60. The Morgan fingerprint density at radius 1 is 1.50 bits per heavy atom. The molecule has 2 rings (SSSR count). The van der Waals surface area contributed by atoms with E-state index in [4.69, 9.17) is 11.6 Å². The molecule has 1 aliphatic heterocycles. The third-order valence-corrected chi connectivity index (χ3v) is 5.10. The number of hydrogen-bond donors (Lipinski definition) is 1. The standard InChI is InChI=1S/C14H20BrClN2/c1-10(11-5-4-8-18(2)9-11)17-13-7-3-6-12(16)14(13)15/h3,6-7,10-11,17H,4-5,8-9H2,1-2H3. The van der Waals surface area contributed by atoms with Crippen LogP contribution in [0.5, 0.6) is 0 Å². The number of halogens is 2. The van der Waals surface area contributed by atoms with Gasteiger partial charge in [-0.15, -0.1) is 0 Å². The summed E-state index contributed by atoms with van der Waals surface area (Å²) in [5, 5.41) is 4.34. The summed E-state index contributed by atoms with van der Waals surface area (Å²) in [6.45, 7) is 4.66. The van der Waals surface area contributed by atoms with Gasteiger partial charge in [0.2, 0.25) is 0 Å². The molecule has 2 nitrogen and oxygen atoms in total. The third-order valence-electron chi connectivity index (χ3n) is 3.70. The molecule has 0 spiro atoms. The number of anilines is 1. The van der Waals surface area contributed by atoms with Crippen LogP contribution in [-0.2, 0) is 0 Å². The average molecular weight is 332 g/mol. The van der Waals surface area contributed by atoms with Crippen molar-refractivity contribution in [2.75, 3.05) is 25.5 Å². The lowest BCUT2D eigenvalue weighted by molar-refractivity contribution is 0.197. The normalized spacial score (nSPS) is 22.8. The van der Waals surface area contributed by atoms with Crippen molar-refractivity contribution in [1.82, 2.24) is 4.90 Å². The Hall–Kier alpha value is -0.250. The summed E-state index contributed by atoms with van der Waals surface area (Å²) in [5.74, 6) is 0.703. The van der Waals surface area contributed by atoms with Gasteiger partial charge in [-0.05, 0) is 67.3 Å². The minimum absolute atomic E-state index is 0.461. The third kappa shape index (κ3) is 3.40. The Balaban J connectivity index is 2.02. The van der Waals surface area contributed by atoms with Gasteiger partial charge in [0, 0.05) is 12.6 Å². The van der Waals surface area contributed by atoms with Gasteiger partial charge in [0.1, 0.15) is 0 Å². The van der Waals surface area contributed by atoms with Crippen molar-refractivity contribution in [3.8, 4) is 0 Å². The van der Waals surface area contributed by atoms with Crippen molar-refractivity contribution in [3.63, 3.8) is 0 Å². The number of nitrogens with zero attached hydrogens (tertiary/aromatic N) is 1. The maximum atomic E-state index is 6.11. The van der Waals surface area contributed by atoms with Crippen LogP contribution in [0.3, 0.4) is 0 Å². The van der Waals surface area contributed by atoms with Crippen LogP contribution in [0.2, 0.25) is 5.02 Å². The van der Waals surface area contributed by atoms with Gasteiger partial charge in [0.05, 0.1) is 15.2 Å². The SMILES string of the molecule is CC(Nc1cccc(Cl)c1Br)C1CCCN(C)C1. The molecule has 4 heteroatoms. The van der Waals surface area contributed by atoms with E-state index in [1.807, 2.05) is 12.1 Å². The lowest BCUT2D eigenvalue weighted by atomic mass is 9.92. The maximum Gasteiger partial charge on any atom is 0.0593 e. The van der Waals surface area contributed by atoms with Crippen molar-refractivity contribution in [2.45, 2.75) is 25.8 Å². The van der Waals surface area contributed by atoms with Crippen LogP contribution in [0.15, 0.2) is 22.7 Å². The van der Waals surface area contributed by atoms with E-state index in [-0.39, 0.29) is 0 Å². The van der Waals surface area contributed by atoms with Gasteiger partial charge in [-0.1, -0.05) is 17.7 Å². The number of nitrogens with one attached hydrogen (secondary N) is 1. The molecule has 100 valence electrons. The zero-order valence-electron chi connectivity index (χ0n) is 10.9. The van der Waals surface area contributed by atoms with E-state index >= 15 is 0 Å². The molecule has 1 N–H and O–H groups in total. The largest absolute Gasteiger partial charge is 0.381 e. The Morgan fingerprint density at radius 2 is 2.28 bits per heavy atom. The van der Waals surface area contributed by atoms with Crippen LogP contribution < -0.4 is 5.32 Å². The van der Waals surface area contributed by atoms with Crippen LogP contribution in [0.1, 0.15) is 19.8 Å². The average Bonchev–Trinajstić information content (AvgIpc) is 2.35. The molecule has 0 aromatic heterocycles. The van der Waals surface area contributed by atoms with Crippen molar-refractivity contribution in [1.29, 1.82) is 0 Å². The highest BCUT2D eigenvalue weighted by molar-refractivity contribution is 9.10. The van der Waals surface area contributed by atoms with Crippen LogP contribution in [0.4, 0.5) is 5.69 Å². The summed E-state index contributed by atoms with van der Waals surface area (Å²) < 4.78 is 0.961. The number of rotatable bonds is 3. The first-order valence-electron chi connectivity index (χ1n) is 6.47. The fourth-order valence-corrected chi connectivity index (χ4v) is 3.15. The summed E-state index contributed by atoms with van der Waals surface area (Å²) in [7, 11) is 2.20. The molecule has 0 amide bonds. The monoisotopic (exact) mass is 330 g/mol. The zero-order chi connectivity index (χ0) is 13.1. The molecule has 1 saturated heterocycles. The van der Waals surface area contributed by atoms with Gasteiger partial charge in [-0.25, -0.2) is 0 Å². The molecule has 1 fully saturated rings. The molecule has 0 aliphatic carbocycles. The summed E-state index contributed by atoms with van der Waals surface area (Å²) in [5.41, 5.74) is 1.09. The van der Waals surface area contributed by atoms with E-state index in [1.165, 1.54) is 25.9 Å². The molecule has 2 atom stereocenters. The quantitative estimate of drug-likeness (QED) is 0.891. The van der Waals surface area contributed by atoms with Crippen LogP contribution >= 0.6 is 27.5 Å². The Bertz CT molecular complexity index is 411. The van der Waals surface area contributed by atoms with Gasteiger partial charge in [-0.3, -0.25) is 0 Å². The molecule has 1 aliphatic rings. The molecular weight excluding hydrogens is 312 g/mol. The van der Waals surface area contributed by atoms with Crippen LogP contribution in [-0.4, -0.2) is 31.1 Å². The first-order valence-corrected chi connectivity index (χ1v) is 7.64. The number of piperidine rings is 1. The second-order valence-corrected chi connectivity index (χ2v) is 6.40. The highest BCUT2D eigenvalue weighted by Crippen LogP contribution is 2.31. The fraction of sp³-hybridized carbons (Fsp3) is 0.571. The van der Waals surface area contributed by atoms with E-state index in [1.54, 1.807) is 0 Å². The number of likely N-dealkylation sites (tertiary alicyclic amines) is 1. The molecule has 0 saturated carbocycles. The van der Waals surface area contributed by atoms with Gasteiger partial charge >= 0.3 is 0 Å². The summed E-state index contributed by atoms with van der Waals surface area (Å²) in [6, 6.07) is 6.41. The molecule has 1 aromatic rings. The van der Waals surface area contributed by atoms with Gasteiger partial charge in [0.25, 0.3) is 0 Å². The highest BCUT2D eigenvalue weighted by Gasteiger charge is 2.23.